The van der Waals surface area contributed by atoms with Crippen LogP contribution in [0.4, 0.5) is 0 Å². The van der Waals surface area contributed by atoms with E-state index in [9.17, 15) is 4.79 Å². The summed E-state index contributed by atoms with van der Waals surface area (Å²) in [4.78, 5) is 12.3. The first kappa shape index (κ1) is 16.1. The molecule has 2 rings (SSSR count). The molecular formula is C19H23NO2. The highest BCUT2D eigenvalue weighted by molar-refractivity contribution is 5.95. The van der Waals surface area contributed by atoms with Gasteiger partial charge in [-0.2, -0.15) is 0 Å². The van der Waals surface area contributed by atoms with Gasteiger partial charge in [0.1, 0.15) is 12.4 Å². The number of carbonyl (C=O) groups is 1. The minimum atomic E-state index is -0.0343. The van der Waals surface area contributed by atoms with Gasteiger partial charge in [-0.1, -0.05) is 50.2 Å². The number of benzene rings is 2. The molecule has 0 aliphatic carbocycles. The number of hydrogen-bond acceptors (Lipinski definition) is 2. The zero-order chi connectivity index (χ0) is 15.8. The topological polar surface area (TPSA) is 38.3 Å². The Bertz CT molecular complexity index is 593. The van der Waals surface area contributed by atoms with Gasteiger partial charge in [-0.05, 0) is 30.5 Å². The molecule has 116 valence electrons. The molecule has 3 heteroatoms. The third kappa shape index (κ3) is 4.92. The Balaban J connectivity index is 1.98. The molecule has 2 aromatic rings. The molecule has 0 saturated heterocycles. The van der Waals surface area contributed by atoms with Crippen LogP contribution in [0.3, 0.4) is 0 Å². The van der Waals surface area contributed by atoms with Gasteiger partial charge in [0.25, 0.3) is 5.91 Å². The van der Waals surface area contributed by atoms with E-state index in [-0.39, 0.29) is 5.91 Å². The van der Waals surface area contributed by atoms with Crippen LogP contribution in [0, 0.1) is 5.92 Å². The Morgan fingerprint density at radius 3 is 2.45 bits per heavy atom. The smallest absolute Gasteiger partial charge is 0.251 e. The van der Waals surface area contributed by atoms with E-state index in [1.54, 1.807) is 0 Å². The van der Waals surface area contributed by atoms with Crippen LogP contribution < -0.4 is 10.1 Å². The highest BCUT2D eigenvalue weighted by Gasteiger charge is 2.11. The van der Waals surface area contributed by atoms with Gasteiger partial charge in [0, 0.05) is 17.7 Å². The molecule has 0 atom stereocenters. The predicted octanol–water partition coefficient (Wildman–Crippen LogP) is 4.04. The van der Waals surface area contributed by atoms with Gasteiger partial charge in [0.2, 0.25) is 0 Å². The predicted molar refractivity (Wildman–Crippen MR) is 89.0 cm³/mol. The molecule has 0 fully saturated rings. The van der Waals surface area contributed by atoms with E-state index in [1.807, 2.05) is 54.6 Å². The van der Waals surface area contributed by atoms with Gasteiger partial charge < -0.3 is 10.1 Å². The van der Waals surface area contributed by atoms with Crippen LogP contribution in [0.15, 0.2) is 54.6 Å². The van der Waals surface area contributed by atoms with Crippen molar-refractivity contribution in [2.45, 2.75) is 26.9 Å². The lowest BCUT2D eigenvalue weighted by Crippen LogP contribution is -2.26. The average molecular weight is 297 g/mol. The molecule has 0 aliphatic heterocycles. The fraction of sp³-hybridized carbons (Fsp3) is 0.316. The fourth-order valence-electron chi connectivity index (χ4n) is 2.12. The number of hydrogen-bond donors (Lipinski definition) is 1. The first-order valence-corrected chi connectivity index (χ1v) is 7.71. The Kier molecular flexibility index (Phi) is 6.01. The maximum atomic E-state index is 12.3. The van der Waals surface area contributed by atoms with Gasteiger partial charge in [0.15, 0.2) is 0 Å². The second-order valence-corrected chi connectivity index (χ2v) is 5.70. The molecule has 0 aromatic heterocycles. The van der Waals surface area contributed by atoms with Crippen LogP contribution >= 0.6 is 0 Å². The molecule has 3 nitrogen and oxygen atoms in total. The van der Waals surface area contributed by atoms with Crippen molar-refractivity contribution in [3.05, 3.63) is 65.7 Å². The summed E-state index contributed by atoms with van der Waals surface area (Å²) < 4.78 is 5.75. The van der Waals surface area contributed by atoms with Gasteiger partial charge in [-0.3, -0.25) is 4.79 Å². The zero-order valence-electron chi connectivity index (χ0n) is 13.2. The van der Waals surface area contributed by atoms with Crippen LogP contribution in [0.25, 0.3) is 0 Å². The van der Waals surface area contributed by atoms with Crippen LogP contribution in [0.2, 0.25) is 0 Å². The quantitative estimate of drug-likeness (QED) is 0.837. The molecule has 0 unspecified atom stereocenters. The van der Waals surface area contributed by atoms with Crippen molar-refractivity contribution in [1.29, 1.82) is 0 Å². The van der Waals surface area contributed by atoms with Crippen molar-refractivity contribution in [2.75, 3.05) is 6.54 Å². The minimum Gasteiger partial charge on any atom is -0.489 e. The number of para-hydroxylation sites is 1. The molecule has 0 spiro atoms. The molecule has 1 amide bonds. The summed E-state index contributed by atoms with van der Waals surface area (Å²) in [6, 6.07) is 17.2. The number of ether oxygens (including phenoxy) is 1. The third-order valence-corrected chi connectivity index (χ3v) is 3.41. The first-order valence-electron chi connectivity index (χ1n) is 7.71. The Labute approximate surface area is 132 Å². The molecular weight excluding hydrogens is 274 g/mol. The maximum Gasteiger partial charge on any atom is 0.251 e. The third-order valence-electron chi connectivity index (χ3n) is 3.41. The SMILES string of the molecule is CC(C)CCNC(=O)c1ccccc1COc1ccccc1. The summed E-state index contributed by atoms with van der Waals surface area (Å²) in [5, 5.41) is 2.97. The summed E-state index contributed by atoms with van der Waals surface area (Å²) in [5.41, 5.74) is 1.58. The monoisotopic (exact) mass is 297 g/mol. The van der Waals surface area contributed by atoms with E-state index in [1.165, 1.54) is 0 Å². The summed E-state index contributed by atoms with van der Waals surface area (Å²) in [5.74, 6) is 1.35. The standard InChI is InChI=1S/C19H23NO2/c1-15(2)12-13-20-19(21)18-11-7-6-8-16(18)14-22-17-9-4-3-5-10-17/h3-11,15H,12-14H2,1-2H3,(H,20,21). The summed E-state index contributed by atoms with van der Waals surface area (Å²) in [6.07, 6.45) is 0.981. The highest BCUT2D eigenvalue weighted by atomic mass is 16.5. The maximum absolute atomic E-state index is 12.3. The lowest BCUT2D eigenvalue weighted by Gasteiger charge is -2.12. The summed E-state index contributed by atoms with van der Waals surface area (Å²) in [6.45, 7) is 5.38. The normalized spacial score (nSPS) is 10.5. The van der Waals surface area contributed by atoms with E-state index in [0.717, 1.165) is 17.7 Å². The van der Waals surface area contributed by atoms with Crippen LogP contribution in [0.1, 0.15) is 36.2 Å². The second kappa shape index (κ2) is 8.23. The lowest BCUT2D eigenvalue weighted by molar-refractivity contribution is 0.0949. The molecule has 2 aromatic carbocycles. The molecule has 0 radical (unpaired) electrons. The van der Waals surface area contributed by atoms with Crippen molar-refractivity contribution in [2.24, 2.45) is 5.92 Å². The molecule has 0 bridgehead atoms. The van der Waals surface area contributed by atoms with E-state index in [0.29, 0.717) is 24.6 Å². The number of amides is 1. The molecule has 22 heavy (non-hydrogen) atoms. The van der Waals surface area contributed by atoms with Crippen molar-refractivity contribution < 1.29 is 9.53 Å². The Hall–Kier alpha value is -2.29. The molecule has 0 aliphatic rings. The minimum absolute atomic E-state index is 0.0343. The first-order chi connectivity index (χ1) is 10.7. The number of nitrogens with one attached hydrogen (secondary N) is 1. The van der Waals surface area contributed by atoms with Crippen LogP contribution in [0.5, 0.6) is 5.75 Å². The van der Waals surface area contributed by atoms with Gasteiger partial charge in [0.05, 0.1) is 0 Å². The van der Waals surface area contributed by atoms with E-state index < -0.39 is 0 Å². The lowest BCUT2D eigenvalue weighted by atomic mass is 10.1. The van der Waals surface area contributed by atoms with Gasteiger partial charge >= 0.3 is 0 Å². The van der Waals surface area contributed by atoms with Gasteiger partial charge in [-0.25, -0.2) is 0 Å². The molecule has 1 N–H and O–H groups in total. The largest absolute Gasteiger partial charge is 0.489 e. The molecule has 0 saturated carbocycles. The van der Waals surface area contributed by atoms with Crippen LogP contribution in [-0.2, 0) is 6.61 Å². The summed E-state index contributed by atoms with van der Waals surface area (Å²) >= 11 is 0. The van der Waals surface area contributed by atoms with E-state index in [2.05, 4.69) is 19.2 Å². The number of carbonyl (C=O) groups excluding carboxylic acids is 1. The van der Waals surface area contributed by atoms with Crippen LogP contribution in [-0.4, -0.2) is 12.5 Å². The highest BCUT2D eigenvalue weighted by Crippen LogP contribution is 2.14. The van der Waals surface area contributed by atoms with Crippen molar-refractivity contribution in [3.63, 3.8) is 0 Å². The molecule has 0 heterocycles. The second-order valence-electron chi connectivity index (χ2n) is 5.70. The van der Waals surface area contributed by atoms with Crippen molar-refractivity contribution >= 4 is 5.91 Å². The Morgan fingerprint density at radius 1 is 1.05 bits per heavy atom. The van der Waals surface area contributed by atoms with Crippen molar-refractivity contribution in [3.8, 4) is 5.75 Å². The van der Waals surface area contributed by atoms with Gasteiger partial charge in [-0.15, -0.1) is 0 Å². The average Bonchev–Trinajstić information content (AvgIpc) is 2.54. The zero-order valence-corrected chi connectivity index (χ0v) is 13.2. The van der Waals surface area contributed by atoms with E-state index in [4.69, 9.17) is 4.74 Å². The van der Waals surface area contributed by atoms with Crippen molar-refractivity contribution in [1.82, 2.24) is 5.32 Å². The summed E-state index contributed by atoms with van der Waals surface area (Å²) in [7, 11) is 0. The van der Waals surface area contributed by atoms with E-state index >= 15 is 0 Å². The fourth-order valence-corrected chi connectivity index (χ4v) is 2.12. The Morgan fingerprint density at radius 2 is 1.73 bits per heavy atom. The number of rotatable bonds is 7.